The number of likely N-dealkylation sites (N-methyl/N-ethyl adjacent to an activating group) is 1. The smallest absolute Gasteiger partial charge is 0.433 e. The summed E-state index contributed by atoms with van der Waals surface area (Å²) >= 11 is 0. The minimum Gasteiger partial charge on any atom is -0.489 e. The molecule has 38 heavy (non-hydrogen) atoms. The molecule has 1 aliphatic rings. The number of alkyl halides is 3. The van der Waals surface area contributed by atoms with E-state index in [0.717, 1.165) is 10.7 Å². The number of carbonyl (C=O) groups is 2. The maximum Gasteiger partial charge on any atom is 0.433 e. The van der Waals surface area contributed by atoms with Crippen molar-refractivity contribution in [2.75, 3.05) is 18.6 Å². The lowest BCUT2D eigenvalue weighted by atomic mass is 10.1. The van der Waals surface area contributed by atoms with Crippen molar-refractivity contribution < 1.29 is 32.6 Å². The number of aromatic nitrogens is 3. The number of halogens is 3. The van der Waals surface area contributed by atoms with E-state index in [4.69, 9.17) is 4.74 Å². The molecular formula is C26H24F3N5O4. The van der Waals surface area contributed by atoms with E-state index in [9.17, 15) is 27.9 Å². The van der Waals surface area contributed by atoms with Crippen LogP contribution in [0.15, 0.2) is 48.8 Å². The average molecular weight is 528 g/mol. The van der Waals surface area contributed by atoms with Crippen LogP contribution in [0.4, 0.5) is 23.7 Å². The van der Waals surface area contributed by atoms with Crippen LogP contribution in [0.5, 0.6) is 5.75 Å². The Labute approximate surface area is 216 Å². The number of pyridine rings is 1. The van der Waals surface area contributed by atoms with Crippen molar-refractivity contribution >= 4 is 17.6 Å². The molecule has 0 aliphatic carbocycles. The van der Waals surface area contributed by atoms with Crippen LogP contribution >= 0.6 is 0 Å². The van der Waals surface area contributed by atoms with Crippen LogP contribution in [0.2, 0.25) is 0 Å². The topological polar surface area (TPSA) is 110 Å². The van der Waals surface area contributed by atoms with E-state index >= 15 is 0 Å². The quantitative estimate of drug-likeness (QED) is 0.507. The van der Waals surface area contributed by atoms with Crippen LogP contribution in [0.1, 0.15) is 36.4 Å². The Morgan fingerprint density at radius 2 is 2.03 bits per heavy atom. The molecule has 12 heteroatoms. The summed E-state index contributed by atoms with van der Waals surface area (Å²) in [4.78, 5) is 30.8. The molecule has 3 heterocycles. The number of amides is 2. The van der Waals surface area contributed by atoms with Gasteiger partial charge in [-0.1, -0.05) is 17.9 Å². The van der Waals surface area contributed by atoms with Crippen molar-refractivity contribution in [3.8, 4) is 17.6 Å². The van der Waals surface area contributed by atoms with Gasteiger partial charge in [-0.05, 0) is 49.7 Å². The predicted octanol–water partition coefficient (Wildman–Crippen LogP) is 2.99. The predicted molar refractivity (Wildman–Crippen MR) is 131 cm³/mol. The lowest BCUT2D eigenvalue weighted by molar-refractivity contribution is -0.141. The van der Waals surface area contributed by atoms with Gasteiger partial charge in [0, 0.05) is 30.9 Å². The van der Waals surface area contributed by atoms with Gasteiger partial charge in [-0.15, -0.1) is 0 Å². The first kappa shape index (κ1) is 26.7. The minimum atomic E-state index is -4.56. The zero-order chi connectivity index (χ0) is 27.7. The number of carbonyl (C=O) groups excluding carboxylic acids is 2. The molecule has 0 radical (unpaired) electrons. The van der Waals surface area contributed by atoms with Crippen molar-refractivity contribution in [3.05, 3.63) is 71.3 Å². The van der Waals surface area contributed by atoms with Crippen LogP contribution in [0.3, 0.4) is 0 Å². The highest BCUT2D eigenvalue weighted by atomic mass is 19.4. The summed E-state index contributed by atoms with van der Waals surface area (Å²) in [7, 11) is 1.54. The van der Waals surface area contributed by atoms with Gasteiger partial charge in [0.05, 0.1) is 11.9 Å². The Balaban J connectivity index is 1.45. The van der Waals surface area contributed by atoms with Gasteiger partial charge < -0.3 is 20.1 Å². The maximum absolute atomic E-state index is 13.1. The highest BCUT2D eigenvalue weighted by Gasteiger charge is 2.33. The highest BCUT2D eigenvalue weighted by molar-refractivity contribution is 6.00. The minimum absolute atomic E-state index is 0.0272. The highest BCUT2D eigenvalue weighted by Crippen LogP contribution is 2.31. The fourth-order valence-corrected chi connectivity index (χ4v) is 3.63. The number of benzene rings is 1. The third-order valence-corrected chi connectivity index (χ3v) is 5.49. The summed E-state index contributed by atoms with van der Waals surface area (Å²) < 4.78 is 45.5. The number of hydrogen-bond donors (Lipinski definition) is 2. The number of nitrogens with one attached hydrogen (secondary N) is 1. The van der Waals surface area contributed by atoms with Gasteiger partial charge in [-0.25, -0.2) is 9.78 Å². The van der Waals surface area contributed by atoms with Gasteiger partial charge >= 0.3 is 12.2 Å². The largest absolute Gasteiger partial charge is 0.489 e. The monoisotopic (exact) mass is 527 g/mol. The number of aliphatic hydroxyl groups is 1. The van der Waals surface area contributed by atoms with E-state index in [2.05, 4.69) is 27.2 Å². The van der Waals surface area contributed by atoms with E-state index in [1.165, 1.54) is 36.5 Å². The Morgan fingerprint density at radius 1 is 1.26 bits per heavy atom. The van der Waals surface area contributed by atoms with Crippen molar-refractivity contribution in [3.63, 3.8) is 0 Å². The summed E-state index contributed by atoms with van der Waals surface area (Å²) in [5.41, 5.74) is -0.553. The number of fused-ring (bicyclic) bond motifs is 1. The molecule has 1 atom stereocenters. The van der Waals surface area contributed by atoms with Crippen molar-refractivity contribution in [2.45, 2.75) is 38.1 Å². The second-order valence-corrected chi connectivity index (χ2v) is 9.18. The average Bonchev–Trinajstić information content (AvgIpc) is 3.28. The Hall–Kier alpha value is -4.37. The summed E-state index contributed by atoms with van der Waals surface area (Å²) in [5, 5.41) is 16.4. The lowest BCUT2D eigenvalue weighted by Crippen LogP contribution is -2.50. The number of nitrogens with zero attached hydrogens (tertiary/aromatic N) is 4. The van der Waals surface area contributed by atoms with Crippen molar-refractivity contribution in [2.24, 2.45) is 0 Å². The standard InChI is InChI=1S/C26H24F3N5O4/c1-25(2,37)10-9-16-7-8-21-20(12-16)33(3)23(35)19(15-38-21)32-24(36)34-14-17(13-30-34)11-18-5-4-6-22(31-18)26(27,28)29/h4-8,12-14,19,37H,11,15H2,1-3H3,(H,32,36)/t19-/m1/s1. The van der Waals surface area contributed by atoms with E-state index in [1.807, 2.05) is 0 Å². The van der Waals surface area contributed by atoms with Gasteiger partial charge in [-0.3, -0.25) is 4.79 Å². The van der Waals surface area contributed by atoms with Crippen LogP contribution in [-0.4, -0.2) is 57.1 Å². The molecule has 0 saturated carbocycles. The van der Waals surface area contributed by atoms with Gasteiger partial charge in [0.2, 0.25) is 0 Å². The molecule has 0 bridgehead atoms. The van der Waals surface area contributed by atoms with Gasteiger partial charge in [0.25, 0.3) is 5.91 Å². The van der Waals surface area contributed by atoms with Crippen LogP contribution in [0, 0.1) is 11.8 Å². The van der Waals surface area contributed by atoms with Gasteiger partial charge in [-0.2, -0.15) is 23.0 Å². The second-order valence-electron chi connectivity index (χ2n) is 9.18. The molecule has 1 aromatic carbocycles. The number of rotatable bonds is 3. The fourth-order valence-electron chi connectivity index (χ4n) is 3.63. The summed E-state index contributed by atoms with van der Waals surface area (Å²) in [6.45, 7) is 2.97. The summed E-state index contributed by atoms with van der Waals surface area (Å²) in [6, 6.07) is 6.83. The van der Waals surface area contributed by atoms with Crippen LogP contribution < -0.4 is 15.0 Å². The molecule has 4 rings (SSSR count). The molecule has 9 nitrogen and oxygen atoms in total. The maximum atomic E-state index is 13.1. The molecule has 0 unspecified atom stereocenters. The normalized spacial score (nSPS) is 15.6. The van der Waals surface area contributed by atoms with E-state index < -0.39 is 35.5 Å². The summed E-state index contributed by atoms with van der Waals surface area (Å²) in [6.07, 6.45) is -1.85. The third kappa shape index (κ3) is 6.30. The van der Waals surface area contributed by atoms with E-state index in [1.54, 1.807) is 32.0 Å². The SMILES string of the molecule is CN1C(=O)[C@H](NC(=O)n2cc(Cc3cccc(C(F)(F)F)n3)cn2)COc2ccc(C#CC(C)(C)O)cc21. The second kappa shape index (κ2) is 10.2. The molecule has 1 aliphatic heterocycles. The molecular weight excluding hydrogens is 503 g/mol. The molecule has 2 amide bonds. The number of hydrogen-bond acceptors (Lipinski definition) is 6. The zero-order valence-corrected chi connectivity index (χ0v) is 20.7. The Kier molecular flexibility index (Phi) is 7.15. The van der Waals surface area contributed by atoms with Crippen molar-refractivity contribution in [1.29, 1.82) is 0 Å². The molecule has 0 spiro atoms. The summed E-state index contributed by atoms with van der Waals surface area (Å²) in [5.74, 6) is 5.54. The van der Waals surface area contributed by atoms with E-state index in [0.29, 0.717) is 22.6 Å². The number of anilines is 1. The first-order chi connectivity index (χ1) is 17.8. The first-order valence-corrected chi connectivity index (χ1v) is 11.5. The molecule has 0 fully saturated rings. The van der Waals surface area contributed by atoms with Gasteiger partial charge in [0.1, 0.15) is 29.7 Å². The van der Waals surface area contributed by atoms with Crippen molar-refractivity contribution in [1.82, 2.24) is 20.1 Å². The number of ether oxygens (including phenoxy) is 1. The fraction of sp³-hybridized carbons (Fsp3) is 0.308. The first-order valence-electron chi connectivity index (χ1n) is 11.5. The zero-order valence-electron chi connectivity index (χ0n) is 20.7. The molecule has 3 aromatic rings. The van der Waals surface area contributed by atoms with Gasteiger partial charge in [0.15, 0.2) is 0 Å². The molecule has 198 valence electrons. The third-order valence-electron chi connectivity index (χ3n) is 5.49. The molecule has 0 saturated heterocycles. The molecule has 2 N–H and O–H groups in total. The van der Waals surface area contributed by atoms with Crippen LogP contribution in [-0.2, 0) is 17.4 Å². The Bertz CT molecular complexity index is 1430. The lowest BCUT2D eigenvalue weighted by Gasteiger charge is -2.20. The Morgan fingerprint density at radius 3 is 2.74 bits per heavy atom. The van der Waals surface area contributed by atoms with E-state index in [-0.39, 0.29) is 18.7 Å². The molecule has 2 aromatic heterocycles. The van der Waals surface area contributed by atoms with Crippen LogP contribution in [0.25, 0.3) is 0 Å².